The van der Waals surface area contributed by atoms with Gasteiger partial charge in [0.1, 0.15) is 40.8 Å². The molecule has 6 atom stereocenters. The van der Waals surface area contributed by atoms with Crippen molar-refractivity contribution in [1.82, 2.24) is 0 Å². The number of Topliss-reactive ketones (excluding diaryl/α,β-unsaturated/α-hetero) is 1. The van der Waals surface area contributed by atoms with Crippen LogP contribution in [0.1, 0.15) is 43.5 Å². The molecule has 0 unspecified atom stereocenters. The van der Waals surface area contributed by atoms with Gasteiger partial charge < -0.3 is 24.1 Å². The van der Waals surface area contributed by atoms with Crippen LogP contribution in [-0.2, 0) is 19.1 Å². The Labute approximate surface area is 186 Å². The van der Waals surface area contributed by atoms with Crippen LogP contribution in [0.5, 0.6) is 17.2 Å². The number of benzene rings is 1. The number of rotatable bonds is 4. The van der Waals surface area contributed by atoms with E-state index in [1.165, 1.54) is 26.4 Å². The number of ketones is 1. The maximum atomic E-state index is 13.4. The van der Waals surface area contributed by atoms with Crippen molar-refractivity contribution >= 4 is 17.7 Å². The maximum Gasteiger partial charge on any atom is 0.346 e. The van der Waals surface area contributed by atoms with Crippen molar-refractivity contribution in [3.05, 3.63) is 29.8 Å². The lowest BCUT2D eigenvalue weighted by Crippen LogP contribution is -2.49. The summed E-state index contributed by atoms with van der Waals surface area (Å²) in [6.45, 7) is 7.74. The molecule has 3 aliphatic rings. The molecule has 0 amide bonds. The van der Waals surface area contributed by atoms with Gasteiger partial charge >= 0.3 is 11.9 Å². The largest absolute Gasteiger partial charge is 0.507 e. The Balaban J connectivity index is 1.79. The van der Waals surface area contributed by atoms with Crippen molar-refractivity contribution < 1.29 is 38.4 Å². The molecule has 3 fully saturated rings. The lowest BCUT2D eigenvalue weighted by atomic mass is 9.68. The number of aromatic hydroxyl groups is 1. The number of phenols is 1. The quantitative estimate of drug-likeness (QED) is 0.558. The van der Waals surface area contributed by atoms with Gasteiger partial charge in [0.2, 0.25) is 0 Å². The van der Waals surface area contributed by atoms with Crippen LogP contribution in [-0.4, -0.2) is 49.3 Å². The molecule has 1 aromatic carbocycles. The standard InChI is InChI=1S/C24H28O8/c1-11-8-17-19(12(2)22(27)31-17)21(24(3)14(11)6-7-18(24)26)32-23(28)20-15(25)9-13(29-4)10-16(20)30-5/h9-11,14,17,19,21,25H,2,6-8H2,1,3-5H3/t11-,14-,17-,19+,21-,24+/m0/s1. The van der Waals surface area contributed by atoms with Gasteiger partial charge in [0, 0.05) is 24.1 Å². The predicted octanol–water partition coefficient (Wildman–Crippen LogP) is 3.06. The van der Waals surface area contributed by atoms with Gasteiger partial charge in [-0.15, -0.1) is 0 Å². The molecule has 32 heavy (non-hydrogen) atoms. The van der Waals surface area contributed by atoms with Crippen LogP contribution in [0.3, 0.4) is 0 Å². The maximum absolute atomic E-state index is 13.4. The summed E-state index contributed by atoms with van der Waals surface area (Å²) in [5, 5.41) is 10.5. The SMILES string of the molecule is C=C1C(=O)O[C@H]2C[C@H](C)[C@@H]3CCC(=O)[C@]3(C)[C@@H](OC(=O)c3c(O)cc(OC)cc3OC)[C@H]12. The smallest absolute Gasteiger partial charge is 0.346 e. The summed E-state index contributed by atoms with van der Waals surface area (Å²) in [6, 6.07) is 2.74. The van der Waals surface area contributed by atoms with Crippen molar-refractivity contribution in [1.29, 1.82) is 0 Å². The predicted molar refractivity (Wildman–Crippen MR) is 113 cm³/mol. The van der Waals surface area contributed by atoms with Crippen molar-refractivity contribution in [2.24, 2.45) is 23.2 Å². The van der Waals surface area contributed by atoms with Gasteiger partial charge in [0.15, 0.2) is 0 Å². The summed E-state index contributed by atoms with van der Waals surface area (Å²) in [5.41, 5.74) is -0.975. The molecule has 8 nitrogen and oxygen atoms in total. The third-order valence-electron chi connectivity index (χ3n) is 7.53. The molecule has 1 aliphatic heterocycles. The van der Waals surface area contributed by atoms with Gasteiger partial charge in [-0.05, 0) is 31.6 Å². The van der Waals surface area contributed by atoms with E-state index in [9.17, 15) is 19.5 Å². The number of carbonyl (C=O) groups is 3. The lowest BCUT2D eigenvalue weighted by molar-refractivity contribution is -0.140. The number of fused-ring (bicyclic) bond motifs is 2. The minimum atomic E-state index is -0.999. The number of hydrogen-bond donors (Lipinski definition) is 1. The van der Waals surface area contributed by atoms with Crippen LogP contribution >= 0.6 is 0 Å². The van der Waals surface area contributed by atoms with Crippen LogP contribution < -0.4 is 9.47 Å². The van der Waals surface area contributed by atoms with E-state index in [1.54, 1.807) is 0 Å². The molecule has 8 heteroatoms. The molecule has 0 radical (unpaired) electrons. The second kappa shape index (κ2) is 7.83. The summed E-state index contributed by atoms with van der Waals surface area (Å²) in [5.74, 6) is -1.98. The Hall–Kier alpha value is -3.03. The average molecular weight is 444 g/mol. The normalized spacial score (nSPS) is 33.8. The van der Waals surface area contributed by atoms with Crippen molar-refractivity contribution in [2.75, 3.05) is 14.2 Å². The second-order valence-corrected chi connectivity index (χ2v) is 9.11. The molecule has 1 aromatic rings. The summed E-state index contributed by atoms with van der Waals surface area (Å²) < 4.78 is 21.9. The molecule has 4 rings (SSSR count). The van der Waals surface area contributed by atoms with E-state index in [1.807, 2.05) is 13.8 Å². The van der Waals surface area contributed by atoms with Crippen LogP contribution in [0, 0.1) is 23.2 Å². The fourth-order valence-electron chi connectivity index (χ4n) is 5.86. The first kappa shape index (κ1) is 22.2. The first-order valence-electron chi connectivity index (χ1n) is 10.7. The fourth-order valence-corrected chi connectivity index (χ4v) is 5.86. The lowest BCUT2D eigenvalue weighted by Gasteiger charge is -2.39. The van der Waals surface area contributed by atoms with E-state index < -0.39 is 35.5 Å². The van der Waals surface area contributed by atoms with Crippen molar-refractivity contribution in [3.63, 3.8) is 0 Å². The third kappa shape index (κ3) is 3.15. The molecule has 172 valence electrons. The number of phenolic OH excluding ortho intramolecular Hbond substituents is 1. The minimum absolute atomic E-state index is 0.00846. The van der Waals surface area contributed by atoms with E-state index in [0.29, 0.717) is 25.0 Å². The van der Waals surface area contributed by atoms with E-state index in [0.717, 1.165) is 0 Å². The first-order chi connectivity index (χ1) is 15.1. The number of hydrogen-bond acceptors (Lipinski definition) is 8. The highest BCUT2D eigenvalue weighted by molar-refractivity contribution is 5.97. The number of methoxy groups -OCH3 is 2. The molecule has 0 spiro atoms. The van der Waals surface area contributed by atoms with E-state index in [-0.39, 0.29) is 40.3 Å². The van der Waals surface area contributed by atoms with E-state index >= 15 is 0 Å². The van der Waals surface area contributed by atoms with Crippen molar-refractivity contribution in [3.8, 4) is 17.2 Å². The average Bonchev–Trinajstić information content (AvgIpc) is 3.18. The third-order valence-corrected chi connectivity index (χ3v) is 7.53. The van der Waals surface area contributed by atoms with Gasteiger partial charge in [-0.1, -0.05) is 13.5 Å². The molecular formula is C24H28O8. The molecule has 0 bridgehead atoms. The highest BCUT2D eigenvalue weighted by Crippen LogP contribution is 2.56. The number of carbonyl (C=O) groups excluding carboxylic acids is 3. The Morgan fingerprint density at radius 2 is 1.97 bits per heavy atom. The summed E-state index contributed by atoms with van der Waals surface area (Å²) in [7, 11) is 2.78. The van der Waals surface area contributed by atoms with Gasteiger partial charge in [-0.3, -0.25) is 4.79 Å². The van der Waals surface area contributed by atoms with E-state index in [2.05, 4.69) is 6.58 Å². The minimum Gasteiger partial charge on any atom is -0.507 e. The zero-order valence-electron chi connectivity index (χ0n) is 18.7. The van der Waals surface area contributed by atoms with Gasteiger partial charge in [0.05, 0.1) is 25.6 Å². The highest BCUT2D eigenvalue weighted by Gasteiger charge is 2.63. The van der Waals surface area contributed by atoms with Gasteiger partial charge in [-0.2, -0.15) is 0 Å². The summed E-state index contributed by atoms with van der Waals surface area (Å²) in [6.07, 6.45) is 0.143. The topological polar surface area (TPSA) is 108 Å². The Morgan fingerprint density at radius 1 is 1.25 bits per heavy atom. The molecule has 0 aromatic heterocycles. The first-order valence-corrected chi connectivity index (χ1v) is 10.7. The van der Waals surface area contributed by atoms with Gasteiger partial charge in [-0.25, -0.2) is 9.59 Å². The summed E-state index contributed by atoms with van der Waals surface area (Å²) >= 11 is 0. The monoisotopic (exact) mass is 444 g/mol. The molecule has 1 saturated heterocycles. The molecule has 1 N–H and O–H groups in total. The van der Waals surface area contributed by atoms with Crippen LogP contribution in [0.15, 0.2) is 24.3 Å². The van der Waals surface area contributed by atoms with Crippen LogP contribution in [0.25, 0.3) is 0 Å². The number of ether oxygens (including phenoxy) is 4. The van der Waals surface area contributed by atoms with Crippen LogP contribution in [0.2, 0.25) is 0 Å². The van der Waals surface area contributed by atoms with Gasteiger partial charge in [0.25, 0.3) is 0 Å². The second-order valence-electron chi connectivity index (χ2n) is 9.11. The Kier molecular flexibility index (Phi) is 5.43. The fraction of sp³-hybridized carbons (Fsp3) is 0.542. The molecule has 2 aliphatic carbocycles. The van der Waals surface area contributed by atoms with E-state index in [4.69, 9.17) is 18.9 Å². The molecule has 2 saturated carbocycles. The number of esters is 2. The molecule has 1 heterocycles. The molecular weight excluding hydrogens is 416 g/mol. The Morgan fingerprint density at radius 3 is 2.62 bits per heavy atom. The zero-order valence-corrected chi connectivity index (χ0v) is 18.7. The highest BCUT2D eigenvalue weighted by atomic mass is 16.6. The Bertz CT molecular complexity index is 998. The zero-order chi connectivity index (χ0) is 23.4. The summed E-state index contributed by atoms with van der Waals surface area (Å²) in [4.78, 5) is 38.9. The van der Waals surface area contributed by atoms with Crippen LogP contribution in [0.4, 0.5) is 0 Å². The van der Waals surface area contributed by atoms with Crippen molar-refractivity contribution in [2.45, 2.75) is 45.3 Å².